The molecule has 2 unspecified atom stereocenters. The molecule has 1 saturated heterocycles. The Labute approximate surface area is 113 Å². The Morgan fingerprint density at radius 1 is 1.58 bits per heavy atom. The second-order valence-electron chi connectivity index (χ2n) is 4.94. The number of pyridine rings is 1. The van der Waals surface area contributed by atoms with E-state index >= 15 is 0 Å². The van der Waals surface area contributed by atoms with Crippen LogP contribution in [0.15, 0.2) is 18.3 Å². The summed E-state index contributed by atoms with van der Waals surface area (Å²) in [6, 6.07) is 3.51. The number of aliphatic hydroxyl groups is 1. The summed E-state index contributed by atoms with van der Waals surface area (Å²) in [5, 5.41) is 12.4. The van der Waals surface area contributed by atoms with E-state index in [-0.39, 0.29) is 11.9 Å². The predicted molar refractivity (Wildman–Crippen MR) is 73.9 cm³/mol. The minimum absolute atomic E-state index is 0.0314. The number of carbonyl (C=O) groups excluding carboxylic acids is 1. The van der Waals surface area contributed by atoms with Crippen LogP contribution in [0.5, 0.6) is 0 Å². The predicted octanol–water partition coefficient (Wildman–Crippen LogP) is 1.24. The Kier molecular flexibility index (Phi) is 4.37. The van der Waals surface area contributed by atoms with Crippen molar-refractivity contribution in [3.8, 4) is 0 Å². The Balaban J connectivity index is 2.26. The maximum absolute atomic E-state index is 11.9. The minimum atomic E-state index is -0.523. The smallest absolute Gasteiger partial charge is 0.242 e. The highest BCUT2D eigenvalue weighted by Gasteiger charge is 2.29. The summed E-state index contributed by atoms with van der Waals surface area (Å²) in [4.78, 5) is 18.3. The summed E-state index contributed by atoms with van der Waals surface area (Å²) in [6.07, 6.45) is 4.14. The van der Waals surface area contributed by atoms with E-state index < -0.39 is 6.10 Å². The van der Waals surface area contributed by atoms with Crippen molar-refractivity contribution in [2.75, 3.05) is 18.5 Å². The number of hydrogen-bond acceptors (Lipinski definition) is 4. The standard InChI is InChI=1S/C14H21N3O2/c1-10(18)11-6-7-16-13(9-11)17-8-4-3-5-12(17)14(19)15-2/h6-7,9-10,12,18H,3-5,8H2,1-2H3,(H,15,19). The molecule has 1 fully saturated rings. The lowest BCUT2D eigenvalue weighted by molar-refractivity contribution is -0.122. The summed E-state index contributed by atoms with van der Waals surface area (Å²) in [5.74, 6) is 0.802. The lowest BCUT2D eigenvalue weighted by Gasteiger charge is -2.35. The number of aliphatic hydroxyl groups excluding tert-OH is 1. The van der Waals surface area contributed by atoms with Crippen molar-refractivity contribution in [3.63, 3.8) is 0 Å². The van der Waals surface area contributed by atoms with E-state index in [1.807, 2.05) is 11.0 Å². The second-order valence-corrected chi connectivity index (χ2v) is 4.94. The van der Waals surface area contributed by atoms with Gasteiger partial charge in [-0.3, -0.25) is 4.79 Å². The van der Waals surface area contributed by atoms with Gasteiger partial charge in [-0.05, 0) is 43.9 Å². The molecule has 104 valence electrons. The maximum Gasteiger partial charge on any atom is 0.242 e. The van der Waals surface area contributed by atoms with Gasteiger partial charge in [0.25, 0.3) is 0 Å². The highest BCUT2D eigenvalue weighted by molar-refractivity contribution is 5.84. The number of nitrogens with one attached hydrogen (secondary N) is 1. The number of hydrogen-bond donors (Lipinski definition) is 2. The molecule has 5 heteroatoms. The van der Waals surface area contributed by atoms with Crippen LogP contribution in [0.25, 0.3) is 0 Å². The van der Waals surface area contributed by atoms with Crippen molar-refractivity contribution in [1.82, 2.24) is 10.3 Å². The van der Waals surface area contributed by atoms with Crippen LogP contribution in [-0.2, 0) is 4.79 Å². The van der Waals surface area contributed by atoms with Crippen LogP contribution in [0.3, 0.4) is 0 Å². The van der Waals surface area contributed by atoms with Crippen LogP contribution in [0.1, 0.15) is 37.9 Å². The van der Waals surface area contributed by atoms with Gasteiger partial charge in [0.05, 0.1) is 6.10 Å². The summed E-state index contributed by atoms with van der Waals surface area (Å²) < 4.78 is 0. The van der Waals surface area contributed by atoms with Gasteiger partial charge in [-0.25, -0.2) is 4.98 Å². The number of amides is 1. The highest BCUT2D eigenvalue weighted by atomic mass is 16.3. The molecular weight excluding hydrogens is 242 g/mol. The van der Waals surface area contributed by atoms with E-state index in [1.54, 1.807) is 26.2 Å². The molecule has 0 aliphatic carbocycles. The van der Waals surface area contributed by atoms with Crippen LogP contribution in [0.4, 0.5) is 5.82 Å². The summed E-state index contributed by atoms with van der Waals surface area (Å²) in [6.45, 7) is 2.56. The average Bonchev–Trinajstić information content (AvgIpc) is 2.46. The minimum Gasteiger partial charge on any atom is -0.389 e. The van der Waals surface area contributed by atoms with Gasteiger partial charge in [0.1, 0.15) is 11.9 Å². The molecular formula is C14H21N3O2. The number of aromatic nitrogens is 1. The van der Waals surface area contributed by atoms with E-state index in [1.165, 1.54) is 0 Å². The molecule has 2 atom stereocenters. The SMILES string of the molecule is CNC(=O)C1CCCCN1c1cc(C(C)O)ccn1. The molecule has 5 nitrogen and oxygen atoms in total. The molecule has 2 heterocycles. The zero-order valence-electron chi connectivity index (χ0n) is 11.5. The number of nitrogens with zero attached hydrogens (tertiary/aromatic N) is 2. The molecule has 1 amide bonds. The van der Waals surface area contributed by atoms with Crippen LogP contribution >= 0.6 is 0 Å². The quantitative estimate of drug-likeness (QED) is 0.861. The van der Waals surface area contributed by atoms with E-state index in [0.29, 0.717) is 0 Å². The van der Waals surface area contributed by atoms with Crippen molar-refractivity contribution in [2.24, 2.45) is 0 Å². The van der Waals surface area contributed by atoms with Crippen molar-refractivity contribution in [3.05, 3.63) is 23.9 Å². The van der Waals surface area contributed by atoms with Gasteiger partial charge in [-0.1, -0.05) is 0 Å². The van der Waals surface area contributed by atoms with E-state index in [2.05, 4.69) is 10.3 Å². The lowest BCUT2D eigenvalue weighted by Crippen LogP contribution is -2.49. The number of likely N-dealkylation sites (N-methyl/N-ethyl adjacent to an activating group) is 1. The molecule has 1 aromatic rings. The fraction of sp³-hybridized carbons (Fsp3) is 0.571. The third-order valence-corrected chi connectivity index (χ3v) is 3.60. The topological polar surface area (TPSA) is 65.5 Å². The fourth-order valence-corrected chi connectivity index (χ4v) is 2.50. The first-order valence-corrected chi connectivity index (χ1v) is 6.75. The third-order valence-electron chi connectivity index (χ3n) is 3.60. The van der Waals surface area contributed by atoms with Gasteiger partial charge in [-0.15, -0.1) is 0 Å². The third kappa shape index (κ3) is 3.04. The number of piperidine rings is 1. The van der Waals surface area contributed by atoms with Gasteiger partial charge >= 0.3 is 0 Å². The van der Waals surface area contributed by atoms with Crippen LogP contribution in [0, 0.1) is 0 Å². The monoisotopic (exact) mass is 263 g/mol. The van der Waals surface area contributed by atoms with E-state index in [4.69, 9.17) is 0 Å². The first-order chi connectivity index (χ1) is 9.13. The number of anilines is 1. The summed E-state index contributed by atoms with van der Waals surface area (Å²) in [5.41, 5.74) is 0.825. The van der Waals surface area contributed by atoms with Crippen LogP contribution in [-0.4, -0.2) is 35.6 Å². The molecule has 0 aromatic carbocycles. The van der Waals surface area contributed by atoms with Crippen molar-refractivity contribution >= 4 is 11.7 Å². The largest absolute Gasteiger partial charge is 0.389 e. The first-order valence-electron chi connectivity index (χ1n) is 6.75. The van der Waals surface area contributed by atoms with Gasteiger partial charge in [0, 0.05) is 19.8 Å². The van der Waals surface area contributed by atoms with Gasteiger partial charge in [-0.2, -0.15) is 0 Å². The zero-order chi connectivity index (χ0) is 13.8. The van der Waals surface area contributed by atoms with Crippen molar-refractivity contribution < 1.29 is 9.90 Å². The molecule has 0 radical (unpaired) electrons. The average molecular weight is 263 g/mol. The molecule has 0 spiro atoms. The molecule has 0 bridgehead atoms. The highest BCUT2D eigenvalue weighted by Crippen LogP contribution is 2.25. The zero-order valence-corrected chi connectivity index (χ0v) is 11.5. The Hall–Kier alpha value is -1.62. The summed E-state index contributed by atoms with van der Waals surface area (Å²) in [7, 11) is 1.66. The molecule has 1 aromatic heterocycles. The first kappa shape index (κ1) is 13.8. The van der Waals surface area contributed by atoms with Crippen molar-refractivity contribution in [1.29, 1.82) is 0 Å². The molecule has 2 N–H and O–H groups in total. The molecule has 0 saturated carbocycles. The van der Waals surface area contributed by atoms with Gasteiger partial charge in [0.2, 0.25) is 5.91 Å². The van der Waals surface area contributed by atoms with Crippen molar-refractivity contribution in [2.45, 2.75) is 38.3 Å². The Morgan fingerprint density at radius 2 is 2.37 bits per heavy atom. The summed E-state index contributed by atoms with van der Waals surface area (Å²) >= 11 is 0. The van der Waals surface area contributed by atoms with Crippen LogP contribution < -0.4 is 10.2 Å². The number of rotatable bonds is 3. The molecule has 1 aliphatic heterocycles. The van der Waals surface area contributed by atoms with Gasteiger partial charge < -0.3 is 15.3 Å². The maximum atomic E-state index is 11.9. The number of carbonyl (C=O) groups is 1. The molecule has 19 heavy (non-hydrogen) atoms. The normalized spacial score (nSPS) is 21.0. The fourth-order valence-electron chi connectivity index (χ4n) is 2.50. The lowest BCUT2D eigenvalue weighted by atomic mass is 10.0. The van der Waals surface area contributed by atoms with Gasteiger partial charge in [0.15, 0.2) is 0 Å². The Bertz CT molecular complexity index is 448. The molecule has 1 aliphatic rings. The van der Waals surface area contributed by atoms with E-state index in [0.717, 1.165) is 37.2 Å². The van der Waals surface area contributed by atoms with E-state index in [9.17, 15) is 9.90 Å². The second kappa shape index (κ2) is 6.02. The Morgan fingerprint density at radius 3 is 3.05 bits per heavy atom. The van der Waals surface area contributed by atoms with Crippen LogP contribution in [0.2, 0.25) is 0 Å². The molecule has 2 rings (SSSR count).